The number of ether oxygens (including phenoxy) is 1. The number of nitrogens with zero attached hydrogens (tertiary/aromatic N) is 5. The minimum atomic E-state index is -0.602. The molecule has 1 saturated carbocycles. The van der Waals surface area contributed by atoms with E-state index >= 15 is 0 Å². The molecule has 11 nitrogen and oxygen atoms in total. The van der Waals surface area contributed by atoms with Gasteiger partial charge in [-0.1, -0.05) is 0 Å². The molecule has 1 aliphatic heterocycles. The fourth-order valence-corrected chi connectivity index (χ4v) is 2.84. The number of imide groups is 1. The van der Waals surface area contributed by atoms with Gasteiger partial charge >= 0.3 is 12.0 Å². The second-order valence-electron chi connectivity index (χ2n) is 6.77. The molecule has 152 valence electrons. The third-order valence-corrected chi connectivity index (χ3v) is 4.48. The number of hydrogen-bond acceptors (Lipinski definition) is 8. The van der Waals surface area contributed by atoms with E-state index in [2.05, 4.69) is 36.0 Å². The van der Waals surface area contributed by atoms with Gasteiger partial charge in [-0.2, -0.15) is 19.6 Å². The molecule has 0 radical (unpaired) electrons. The van der Waals surface area contributed by atoms with Gasteiger partial charge in [-0.25, -0.2) is 9.18 Å². The van der Waals surface area contributed by atoms with Crippen LogP contribution in [0.25, 0.3) is 11.7 Å². The molecule has 2 aliphatic rings. The van der Waals surface area contributed by atoms with Crippen molar-refractivity contribution in [2.45, 2.75) is 25.5 Å². The van der Waals surface area contributed by atoms with Crippen molar-refractivity contribution in [3.63, 3.8) is 0 Å². The fourth-order valence-electron chi connectivity index (χ4n) is 2.84. The molecule has 0 atom stereocenters. The van der Waals surface area contributed by atoms with Crippen molar-refractivity contribution >= 4 is 29.6 Å². The zero-order valence-electron chi connectivity index (χ0n) is 15.4. The summed E-state index contributed by atoms with van der Waals surface area (Å²) in [6.07, 6.45) is 6.43. The minimum absolute atomic E-state index is 0.00392. The number of amides is 3. The lowest BCUT2D eigenvalue weighted by Crippen LogP contribution is -2.22. The van der Waals surface area contributed by atoms with Crippen molar-refractivity contribution in [2.75, 3.05) is 5.32 Å². The average Bonchev–Trinajstić information content (AvgIpc) is 3.36. The van der Waals surface area contributed by atoms with Crippen molar-refractivity contribution in [3.05, 3.63) is 47.3 Å². The van der Waals surface area contributed by atoms with E-state index < -0.39 is 17.8 Å². The third-order valence-electron chi connectivity index (χ3n) is 4.48. The van der Waals surface area contributed by atoms with Crippen LogP contribution in [0.15, 0.2) is 30.2 Å². The number of carbonyl (C=O) groups excluding carboxylic acids is 2. The highest BCUT2D eigenvalue weighted by Gasteiger charge is 2.26. The SMILES string of the molecule is O=C1NC(=O)/C(=C/c2cnn3c(NC4CC4)nc(OCc4ncccc4F)nc23)N1. The second kappa shape index (κ2) is 7.06. The molecule has 0 bridgehead atoms. The number of urea groups is 1. The monoisotopic (exact) mass is 410 g/mol. The molecule has 0 unspecified atom stereocenters. The maximum absolute atomic E-state index is 13.8. The molecule has 3 N–H and O–H groups in total. The van der Waals surface area contributed by atoms with Gasteiger partial charge in [-0.05, 0) is 31.1 Å². The lowest BCUT2D eigenvalue weighted by molar-refractivity contribution is -0.115. The Labute approximate surface area is 168 Å². The van der Waals surface area contributed by atoms with E-state index in [9.17, 15) is 14.0 Å². The Morgan fingerprint density at radius 3 is 2.90 bits per heavy atom. The zero-order valence-corrected chi connectivity index (χ0v) is 15.4. The Balaban J connectivity index is 1.51. The van der Waals surface area contributed by atoms with Gasteiger partial charge < -0.3 is 15.4 Å². The molecule has 3 aromatic heterocycles. The van der Waals surface area contributed by atoms with Crippen LogP contribution in [-0.4, -0.2) is 42.5 Å². The van der Waals surface area contributed by atoms with E-state index in [4.69, 9.17) is 4.74 Å². The summed E-state index contributed by atoms with van der Waals surface area (Å²) < 4.78 is 20.9. The maximum atomic E-state index is 13.8. The van der Waals surface area contributed by atoms with Crippen molar-refractivity contribution in [1.29, 1.82) is 0 Å². The van der Waals surface area contributed by atoms with Crippen LogP contribution in [0, 0.1) is 5.82 Å². The molecule has 12 heteroatoms. The maximum Gasteiger partial charge on any atom is 0.326 e. The van der Waals surface area contributed by atoms with Gasteiger partial charge in [0, 0.05) is 17.8 Å². The first-order valence-electron chi connectivity index (χ1n) is 9.15. The van der Waals surface area contributed by atoms with Gasteiger partial charge in [-0.15, -0.1) is 0 Å². The van der Waals surface area contributed by atoms with E-state index in [1.807, 2.05) is 0 Å². The zero-order chi connectivity index (χ0) is 20.7. The summed E-state index contributed by atoms with van der Waals surface area (Å²) in [5.74, 6) is -0.636. The van der Waals surface area contributed by atoms with E-state index in [-0.39, 0.29) is 30.1 Å². The molecule has 3 amide bonds. The predicted octanol–water partition coefficient (Wildman–Crippen LogP) is 0.992. The Morgan fingerprint density at radius 2 is 2.17 bits per heavy atom. The lowest BCUT2D eigenvalue weighted by atomic mass is 10.2. The highest BCUT2D eigenvalue weighted by molar-refractivity contribution is 6.14. The van der Waals surface area contributed by atoms with Crippen LogP contribution in [0.5, 0.6) is 6.01 Å². The van der Waals surface area contributed by atoms with Crippen molar-refractivity contribution in [3.8, 4) is 6.01 Å². The van der Waals surface area contributed by atoms with Crippen LogP contribution in [0.1, 0.15) is 24.1 Å². The van der Waals surface area contributed by atoms with Crippen LogP contribution >= 0.6 is 0 Å². The topological polar surface area (TPSA) is 135 Å². The van der Waals surface area contributed by atoms with Crippen LogP contribution < -0.4 is 20.7 Å². The predicted molar refractivity (Wildman–Crippen MR) is 101 cm³/mol. The summed E-state index contributed by atoms with van der Waals surface area (Å²) in [5, 5.41) is 12.1. The highest BCUT2D eigenvalue weighted by Crippen LogP contribution is 2.26. The number of halogens is 1. The Bertz CT molecular complexity index is 1200. The van der Waals surface area contributed by atoms with Gasteiger partial charge in [0.1, 0.15) is 23.8 Å². The Hall–Kier alpha value is -4.09. The first-order chi connectivity index (χ1) is 14.6. The smallest absolute Gasteiger partial charge is 0.326 e. The van der Waals surface area contributed by atoms with Crippen LogP contribution in [0.4, 0.5) is 15.1 Å². The number of pyridine rings is 1. The summed E-state index contributed by atoms with van der Waals surface area (Å²) in [4.78, 5) is 35.8. The number of rotatable bonds is 6. The number of nitrogens with one attached hydrogen (secondary N) is 3. The molecular formula is C18H15FN8O3. The van der Waals surface area contributed by atoms with E-state index in [1.54, 1.807) is 0 Å². The van der Waals surface area contributed by atoms with Crippen molar-refractivity contribution in [2.24, 2.45) is 0 Å². The van der Waals surface area contributed by atoms with E-state index in [1.165, 1.54) is 35.1 Å². The summed E-state index contributed by atoms with van der Waals surface area (Å²) in [6, 6.07) is 2.45. The normalized spacial score (nSPS) is 17.3. The van der Waals surface area contributed by atoms with Crippen molar-refractivity contribution in [1.82, 2.24) is 35.2 Å². The van der Waals surface area contributed by atoms with Gasteiger partial charge in [0.2, 0.25) is 5.95 Å². The highest BCUT2D eigenvalue weighted by atomic mass is 19.1. The number of anilines is 1. The first kappa shape index (κ1) is 18.0. The van der Waals surface area contributed by atoms with Gasteiger partial charge in [0.05, 0.1) is 6.20 Å². The van der Waals surface area contributed by atoms with Crippen LogP contribution in [-0.2, 0) is 11.4 Å². The lowest BCUT2D eigenvalue weighted by Gasteiger charge is -2.09. The largest absolute Gasteiger partial charge is 0.457 e. The number of hydrogen-bond donors (Lipinski definition) is 3. The second-order valence-corrected chi connectivity index (χ2v) is 6.77. The molecule has 3 aromatic rings. The standard InChI is InChI=1S/C18H15FN8O3/c19-11-2-1-5-20-13(11)8-30-18-24-14-9(6-12-15(28)25-17(29)23-12)7-21-27(14)16(26-18)22-10-3-4-10/h1-2,5-7,10H,3-4,8H2,(H,22,24,26)(H2,23,25,28,29)/b12-6-. The summed E-state index contributed by atoms with van der Waals surface area (Å²) in [7, 11) is 0. The molecule has 2 fully saturated rings. The third kappa shape index (κ3) is 3.50. The molecule has 5 rings (SSSR count). The molecule has 0 spiro atoms. The average molecular weight is 410 g/mol. The molecule has 30 heavy (non-hydrogen) atoms. The fraction of sp³-hybridized carbons (Fsp3) is 0.222. The van der Waals surface area contributed by atoms with Gasteiger partial charge in [-0.3, -0.25) is 15.1 Å². The number of fused-ring (bicyclic) bond motifs is 1. The summed E-state index contributed by atoms with van der Waals surface area (Å²) in [6.45, 7) is -0.158. The number of aromatic nitrogens is 5. The van der Waals surface area contributed by atoms with Crippen LogP contribution in [0.2, 0.25) is 0 Å². The van der Waals surface area contributed by atoms with E-state index in [0.717, 1.165) is 12.8 Å². The molecule has 4 heterocycles. The van der Waals surface area contributed by atoms with Gasteiger partial charge in [0.25, 0.3) is 5.91 Å². The summed E-state index contributed by atoms with van der Waals surface area (Å²) >= 11 is 0. The molecule has 0 aromatic carbocycles. The minimum Gasteiger partial charge on any atom is -0.457 e. The number of carbonyl (C=O) groups is 2. The van der Waals surface area contributed by atoms with Gasteiger partial charge in [0.15, 0.2) is 5.65 Å². The van der Waals surface area contributed by atoms with E-state index in [0.29, 0.717) is 17.2 Å². The Kier molecular flexibility index (Phi) is 4.23. The molecule has 1 saturated heterocycles. The molecule has 1 aliphatic carbocycles. The van der Waals surface area contributed by atoms with Crippen LogP contribution in [0.3, 0.4) is 0 Å². The first-order valence-corrected chi connectivity index (χ1v) is 9.15. The summed E-state index contributed by atoms with van der Waals surface area (Å²) in [5.41, 5.74) is 1.02. The van der Waals surface area contributed by atoms with Crippen molar-refractivity contribution < 1.29 is 18.7 Å². The quantitative estimate of drug-likeness (QED) is 0.404. The molecular weight excluding hydrogens is 395 g/mol. The Morgan fingerprint density at radius 1 is 1.30 bits per heavy atom.